The number of benzene rings is 1. The maximum absolute atomic E-state index is 6.09. The van der Waals surface area contributed by atoms with E-state index in [4.69, 9.17) is 20.8 Å². The minimum Gasteiger partial charge on any atom is -0.496 e. The summed E-state index contributed by atoms with van der Waals surface area (Å²) in [7, 11) is 3.78. The molecule has 1 atom stereocenters. The molecule has 0 spiro atoms. The number of nitrogens with zero attached hydrogens (tertiary/aromatic N) is 1. The lowest BCUT2D eigenvalue weighted by Gasteiger charge is -2.15. The molecule has 0 bridgehead atoms. The Morgan fingerprint density at radius 2 is 2.17 bits per heavy atom. The summed E-state index contributed by atoms with van der Waals surface area (Å²) in [5.74, 6) is 1.54. The monoisotopic (exact) mass is 349 g/mol. The van der Waals surface area contributed by atoms with E-state index >= 15 is 0 Å². The van der Waals surface area contributed by atoms with Gasteiger partial charge in [-0.25, -0.2) is 4.98 Å². The van der Waals surface area contributed by atoms with Gasteiger partial charge in [-0.15, -0.1) is 11.3 Å². The van der Waals surface area contributed by atoms with Crippen LogP contribution in [0.2, 0.25) is 5.02 Å². The number of hydrogen-bond donors (Lipinski definition) is 1. The number of rotatable bonds is 6. The maximum atomic E-state index is 6.09. The van der Waals surface area contributed by atoms with Crippen LogP contribution in [0.25, 0.3) is 10.8 Å². The average molecular weight is 350 g/mol. The van der Waals surface area contributed by atoms with Crippen LogP contribution >= 0.6 is 22.9 Å². The van der Waals surface area contributed by atoms with Gasteiger partial charge in [0.15, 0.2) is 0 Å². The quantitative estimate of drug-likeness (QED) is 0.742. The van der Waals surface area contributed by atoms with E-state index in [0.29, 0.717) is 5.89 Å². The first-order valence-electron chi connectivity index (χ1n) is 7.27. The normalized spacial score (nSPS) is 12.3. The Hall–Kier alpha value is -1.82. The van der Waals surface area contributed by atoms with Gasteiger partial charge >= 0.3 is 0 Å². The second-order valence-corrected chi connectivity index (χ2v) is 6.77. The molecule has 2 aromatic heterocycles. The van der Waals surface area contributed by atoms with Gasteiger partial charge in [0.25, 0.3) is 0 Å². The topological polar surface area (TPSA) is 39.7 Å². The molecule has 3 aromatic rings. The van der Waals surface area contributed by atoms with Crippen LogP contribution in [0.5, 0.6) is 5.75 Å². The Labute approximate surface area is 144 Å². The van der Waals surface area contributed by atoms with Gasteiger partial charge in [0.1, 0.15) is 30.8 Å². The van der Waals surface area contributed by atoms with E-state index in [1.807, 2.05) is 35.7 Å². The summed E-state index contributed by atoms with van der Waals surface area (Å²) in [6.45, 7) is 1.56. The smallest absolute Gasteiger partial charge is 0.236 e. The highest BCUT2D eigenvalue weighted by atomic mass is 35.5. The van der Waals surface area contributed by atoms with Gasteiger partial charge < -0.3 is 14.1 Å². The molecule has 1 unspecified atom stereocenters. The predicted molar refractivity (Wildman–Crippen MR) is 92.1 cm³/mol. The molecule has 0 radical (unpaired) electrons. The number of nitrogens with one attached hydrogen (secondary N) is 1. The van der Waals surface area contributed by atoms with E-state index in [2.05, 4.69) is 12.0 Å². The fourth-order valence-corrected chi connectivity index (χ4v) is 3.33. The third kappa shape index (κ3) is 3.93. The average Bonchev–Trinajstić information content (AvgIpc) is 3.18. The van der Waals surface area contributed by atoms with Gasteiger partial charge in [-0.3, -0.25) is 0 Å². The van der Waals surface area contributed by atoms with Gasteiger partial charge in [-0.2, -0.15) is 0 Å². The van der Waals surface area contributed by atoms with E-state index in [9.17, 15) is 0 Å². The number of aromatic nitrogens is 1. The summed E-state index contributed by atoms with van der Waals surface area (Å²) in [5, 5.41) is 2.73. The molecule has 2 heterocycles. The van der Waals surface area contributed by atoms with Gasteiger partial charge in [-0.1, -0.05) is 17.7 Å². The zero-order chi connectivity index (χ0) is 16.2. The lowest BCUT2D eigenvalue weighted by Crippen LogP contribution is -3.06. The van der Waals surface area contributed by atoms with Gasteiger partial charge in [0.2, 0.25) is 5.89 Å². The van der Waals surface area contributed by atoms with Crippen LogP contribution in [0.1, 0.15) is 11.3 Å². The molecule has 1 N–H and O–H groups in total. The second-order valence-electron chi connectivity index (χ2n) is 5.39. The van der Waals surface area contributed by atoms with Crippen molar-refractivity contribution in [3.63, 3.8) is 0 Å². The zero-order valence-electron chi connectivity index (χ0n) is 13.0. The summed E-state index contributed by atoms with van der Waals surface area (Å²) in [4.78, 5) is 6.88. The number of hydrogen-bond acceptors (Lipinski definition) is 4. The molecule has 0 fully saturated rings. The Morgan fingerprint density at radius 1 is 1.30 bits per heavy atom. The van der Waals surface area contributed by atoms with Crippen molar-refractivity contribution >= 4 is 22.9 Å². The van der Waals surface area contributed by atoms with E-state index in [0.717, 1.165) is 40.0 Å². The summed E-state index contributed by atoms with van der Waals surface area (Å²) in [6, 6.07) is 9.68. The molecule has 23 heavy (non-hydrogen) atoms. The highest BCUT2D eigenvalue weighted by molar-refractivity contribution is 7.13. The first-order valence-corrected chi connectivity index (χ1v) is 8.53. The molecule has 0 amide bonds. The third-order valence-corrected chi connectivity index (χ3v) is 4.59. The van der Waals surface area contributed by atoms with Crippen molar-refractivity contribution in [2.24, 2.45) is 0 Å². The van der Waals surface area contributed by atoms with Crippen LogP contribution in [-0.2, 0) is 13.1 Å². The third-order valence-electron chi connectivity index (χ3n) is 3.50. The number of thiophene rings is 1. The molecular weight excluding hydrogens is 332 g/mol. The highest BCUT2D eigenvalue weighted by Gasteiger charge is 2.14. The number of ether oxygens (including phenoxy) is 1. The highest BCUT2D eigenvalue weighted by Crippen LogP contribution is 2.24. The van der Waals surface area contributed by atoms with E-state index in [1.165, 1.54) is 4.90 Å². The molecule has 4 nitrogen and oxygen atoms in total. The van der Waals surface area contributed by atoms with Crippen LogP contribution in [-0.4, -0.2) is 19.1 Å². The molecule has 0 saturated heterocycles. The number of oxazole rings is 1. The van der Waals surface area contributed by atoms with Crippen molar-refractivity contribution in [2.75, 3.05) is 14.2 Å². The molecule has 120 valence electrons. The van der Waals surface area contributed by atoms with Gasteiger partial charge in [-0.05, 0) is 29.6 Å². The molecular formula is C17H18ClN2O2S+. The standard InChI is InChI=1S/C17H17ClN2O2S/c1-20(9-12-8-13(18)5-6-15(12)21-2)10-14-11-22-17(19-14)16-4-3-7-23-16/h3-8,11H,9-10H2,1-2H3/p+1. The predicted octanol–water partition coefficient (Wildman–Crippen LogP) is 3.28. The Bertz CT molecular complexity index is 771. The van der Waals surface area contributed by atoms with Crippen molar-refractivity contribution in [2.45, 2.75) is 13.1 Å². The minimum absolute atomic E-state index is 0.683. The summed E-state index contributed by atoms with van der Waals surface area (Å²) >= 11 is 7.71. The Morgan fingerprint density at radius 3 is 2.91 bits per heavy atom. The van der Waals surface area contributed by atoms with E-state index in [-0.39, 0.29) is 0 Å². The van der Waals surface area contributed by atoms with Crippen LogP contribution in [0, 0.1) is 0 Å². The van der Waals surface area contributed by atoms with Crippen molar-refractivity contribution < 1.29 is 14.1 Å². The zero-order valence-corrected chi connectivity index (χ0v) is 14.6. The van der Waals surface area contributed by atoms with Crippen LogP contribution in [0.3, 0.4) is 0 Å². The lowest BCUT2D eigenvalue weighted by atomic mass is 10.2. The van der Waals surface area contributed by atoms with Crippen LogP contribution in [0.15, 0.2) is 46.4 Å². The molecule has 6 heteroatoms. The van der Waals surface area contributed by atoms with Crippen LogP contribution in [0.4, 0.5) is 0 Å². The van der Waals surface area contributed by atoms with Crippen molar-refractivity contribution in [1.82, 2.24) is 4.98 Å². The molecule has 3 rings (SSSR count). The molecule has 0 aliphatic carbocycles. The first-order chi connectivity index (χ1) is 11.2. The van der Waals surface area contributed by atoms with Gasteiger partial charge in [0, 0.05) is 10.6 Å². The largest absolute Gasteiger partial charge is 0.496 e. The summed E-state index contributed by atoms with van der Waals surface area (Å²) in [6.07, 6.45) is 1.73. The lowest BCUT2D eigenvalue weighted by molar-refractivity contribution is -0.908. The number of quaternary nitrogens is 1. The van der Waals surface area contributed by atoms with Crippen molar-refractivity contribution in [3.8, 4) is 16.5 Å². The number of halogens is 1. The summed E-state index contributed by atoms with van der Waals surface area (Å²) < 4.78 is 11.0. The molecule has 1 aromatic carbocycles. The Balaban J connectivity index is 1.68. The fraction of sp³-hybridized carbons (Fsp3) is 0.235. The first kappa shape index (κ1) is 16.1. The SMILES string of the molecule is COc1ccc(Cl)cc1C[NH+](C)Cc1coc(-c2cccs2)n1. The van der Waals surface area contributed by atoms with Crippen molar-refractivity contribution in [3.05, 3.63) is 58.3 Å². The molecule has 0 aliphatic rings. The van der Waals surface area contributed by atoms with E-state index in [1.54, 1.807) is 24.7 Å². The fourth-order valence-electron chi connectivity index (χ4n) is 2.48. The molecule has 0 aliphatic heterocycles. The summed E-state index contributed by atoms with van der Waals surface area (Å²) in [5.41, 5.74) is 2.02. The maximum Gasteiger partial charge on any atom is 0.236 e. The van der Waals surface area contributed by atoms with E-state index < -0.39 is 0 Å². The molecule has 0 saturated carbocycles. The van der Waals surface area contributed by atoms with Gasteiger partial charge in [0.05, 0.1) is 19.0 Å². The number of methoxy groups -OCH3 is 1. The van der Waals surface area contributed by atoms with Crippen LogP contribution < -0.4 is 9.64 Å². The minimum atomic E-state index is 0.683. The van der Waals surface area contributed by atoms with Crippen molar-refractivity contribution in [1.29, 1.82) is 0 Å². The second kappa shape index (κ2) is 7.17. The Kier molecular flexibility index (Phi) is 5.00.